The number of ether oxygens (including phenoxy) is 1. The topological polar surface area (TPSA) is 57.2 Å². The molecule has 0 atom stereocenters. The van der Waals surface area contributed by atoms with Crippen molar-refractivity contribution in [1.29, 1.82) is 0 Å². The maximum Gasteiger partial charge on any atom is 0.258 e. The van der Waals surface area contributed by atoms with Crippen molar-refractivity contribution in [2.24, 2.45) is 0 Å². The van der Waals surface area contributed by atoms with Crippen molar-refractivity contribution >= 4 is 5.69 Å². The molecule has 0 spiro atoms. The van der Waals surface area contributed by atoms with Crippen molar-refractivity contribution in [2.75, 3.05) is 12.8 Å². The van der Waals surface area contributed by atoms with Crippen LogP contribution in [-0.2, 0) is 17.8 Å². The highest BCUT2D eigenvalue weighted by atomic mass is 16.5. The van der Waals surface area contributed by atoms with Gasteiger partial charge in [-0.3, -0.25) is 9.36 Å². The molecule has 1 aromatic carbocycles. The molecule has 0 aliphatic carbocycles. The molecule has 1 heterocycles. The predicted molar refractivity (Wildman–Crippen MR) is 76.5 cm³/mol. The average molecular weight is 258 g/mol. The second-order valence-corrected chi connectivity index (χ2v) is 4.38. The van der Waals surface area contributed by atoms with E-state index in [0.717, 1.165) is 16.8 Å². The second kappa shape index (κ2) is 5.71. The Morgan fingerprint density at radius 1 is 1.26 bits per heavy atom. The zero-order chi connectivity index (χ0) is 13.8. The average Bonchev–Trinajstić information content (AvgIpc) is 2.40. The van der Waals surface area contributed by atoms with Crippen LogP contribution in [0, 0.1) is 0 Å². The fraction of sp³-hybridized carbons (Fsp3) is 0.267. The second-order valence-electron chi connectivity index (χ2n) is 4.38. The molecule has 100 valence electrons. The van der Waals surface area contributed by atoms with Gasteiger partial charge in [-0.15, -0.1) is 0 Å². The fourth-order valence-electron chi connectivity index (χ4n) is 2.11. The lowest BCUT2D eigenvalue weighted by molar-refractivity contribution is 0.185. The third kappa shape index (κ3) is 2.69. The van der Waals surface area contributed by atoms with Gasteiger partial charge < -0.3 is 10.5 Å². The van der Waals surface area contributed by atoms with Crippen LogP contribution in [0.4, 0.5) is 5.69 Å². The van der Waals surface area contributed by atoms with Gasteiger partial charge in [0, 0.05) is 30.1 Å². The number of hydrogen-bond acceptors (Lipinski definition) is 3. The molecule has 0 aliphatic heterocycles. The molecule has 0 unspecified atom stereocenters. The number of anilines is 1. The highest BCUT2D eigenvalue weighted by Crippen LogP contribution is 2.18. The van der Waals surface area contributed by atoms with E-state index in [2.05, 4.69) is 0 Å². The first-order chi connectivity index (χ1) is 9.17. The lowest BCUT2D eigenvalue weighted by atomic mass is 10.1. The lowest BCUT2D eigenvalue weighted by Crippen LogP contribution is -2.22. The van der Waals surface area contributed by atoms with E-state index in [-0.39, 0.29) is 5.56 Å². The predicted octanol–water partition coefficient (Wildman–Crippen LogP) is 2.13. The van der Waals surface area contributed by atoms with Crippen LogP contribution in [0.3, 0.4) is 0 Å². The molecule has 4 heteroatoms. The van der Waals surface area contributed by atoms with Crippen LogP contribution in [0.25, 0.3) is 5.69 Å². The maximum atomic E-state index is 12.3. The van der Waals surface area contributed by atoms with Crippen LogP contribution in [0.2, 0.25) is 0 Å². The number of nitrogens with two attached hydrogens (primary N) is 1. The molecule has 0 saturated heterocycles. The summed E-state index contributed by atoms with van der Waals surface area (Å²) in [7, 11) is 1.62. The van der Waals surface area contributed by atoms with Gasteiger partial charge in [-0.05, 0) is 30.7 Å². The van der Waals surface area contributed by atoms with E-state index in [4.69, 9.17) is 10.5 Å². The summed E-state index contributed by atoms with van der Waals surface area (Å²) in [5, 5.41) is 0. The first-order valence-corrected chi connectivity index (χ1v) is 6.25. The van der Waals surface area contributed by atoms with E-state index in [0.29, 0.717) is 18.7 Å². The minimum absolute atomic E-state index is 0.00660. The molecule has 0 saturated carbocycles. The van der Waals surface area contributed by atoms with E-state index in [1.54, 1.807) is 23.9 Å². The molecule has 0 aliphatic rings. The van der Waals surface area contributed by atoms with E-state index in [1.807, 2.05) is 31.2 Å². The molecular weight excluding hydrogens is 240 g/mol. The number of hydrogen-bond donors (Lipinski definition) is 1. The summed E-state index contributed by atoms with van der Waals surface area (Å²) in [6.45, 7) is 2.39. The molecule has 19 heavy (non-hydrogen) atoms. The smallest absolute Gasteiger partial charge is 0.258 e. The first kappa shape index (κ1) is 13.4. The number of aromatic nitrogens is 1. The largest absolute Gasteiger partial charge is 0.399 e. The Morgan fingerprint density at radius 3 is 2.74 bits per heavy atom. The van der Waals surface area contributed by atoms with Crippen molar-refractivity contribution in [3.8, 4) is 5.69 Å². The third-order valence-electron chi connectivity index (χ3n) is 3.07. The molecule has 2 N–H and O–H groups in total. The maximum absolute atomic E-state index is 12.3. The van der Waals surface area contributed by atoms with E-state index < -0.39 is 0 Å². The highest BCUT2D eigenvalue weighted by Gasteiger charge is 2.08. The Morgan fingerprint density at radius 2 is 2.05 bits per heavy atom. The van der Waals surface area contributed by atoms with Gasteiger partial charge >= 0.3 is 0 Å². The highest BCUT2D eigenvalue weighted by molar-refractivity contribution is 5.51. The van der Waals surface area contributed by atoms with E-state index in [1.165, 1.54) is 0 Å². The summed E-state index contributed by atoms with van der Waals surface area (Å²) in [6.07, 6.45) is 2.49. The summed E-state index contributed by atoms with van der Waals surface area (Å²) >= 11 is 0. The summed E-state index contributed by atoms with van der Waals surface area (Å²) < 4.78 is 6.82. The molecule has 1 aromatic heterocycles. The Hall–Kier alpha value is -2.07. The summed E-state index contributed by atoms with van der Waals surface area (Å²) in [5.74, 6) is 0. The standard InChI is InChI=1S/C15H18N2O2/c1-3-11-5-4-8-17(15(11)18)14-7-6-13(16)9-12(14)10-19-2/h4-9H,3,10,16H2,1-2H3. The molecule has 0 radical (unpaired) electrons. The van der Waals surface area contributed by atoms with E-state index >= 15 is 0 Å². The first-order valence-electron chi connectivity index (χ1n) is 6.25. The fourth-order valence-corrected chi connectivity index (χ4v) is 2.11. The Labute approximate surface area is 112 Å². The number of methoxy groups -OCH3 is 1. The summed E-state index contributed by atoms with van der Waals surface area (Å²) in [5.41, 5.74) is 8.97. The lowest BCUT2D eigenvalue weighted by Gasteiger charge is -2.13. The van der Waals surface area contributed by atoms with Gasteiger partial charge in [0.2, 0.25) is 0 Å². The Balaban J connectivity index is 2.62. The van der Waals surface area contributed by atoms with Crippen molar-refractivity contribution < 1.29 is 4.74 Å². The van der Waals surface area contributed by atoms with Crippen LogP contribution in [0.5, 0.6) is 0 Å². The minimum atomic E-state index is 0.00660. The van der Waals surface area contributed by atoms with Gasteiger partial charge in [-0.2, -0.15) is 0 Å². The van der Waals surface area contributed by atoms with Crippen LogP contribution in [0.1, 0.15) is 18.1 Å². The minimum Gasteiger partial charge on any atom is -0.399 e. The summed E-state index contributed by atoms with van der Waals surface area (Å²) in [6, 6.07) is 9.22. The normalized spacial score (nSPS) is 10.6. The molecule has 4 nitrogen and oxygen atoms in total. The zero-order valence-corrected chi connectivity index (χ0v) is 11.2. The molecular formula is C15H18N2O2. The molecule has 0 amide bonds. The molecule has 2 aromatic rings. The molecule has 2 rings (SSSR count). The summed E-state index contributed by atoms with van der Waals surface area (Å²) in [4.78, 5) is 12.3. The number of aryl methyl sites for hydroxylation is 1. The van der Waals surface area contributed by atoms with Crippen LogP contribution in [-0.4, -0.2) is 11.7 Å². The van der Waals surface area contributed by atoms with Crippen molar-refractivity contribution in [3.05, 3.63) is 58.0 Å². The van der Waals surface area contributed by atoms with Gasteiger partial charge in [0.15, 0.2) is 0 Å². The third-order valence-corrected chi connectivity index (χ3v) is 3.07. The van der Waals surface area contributed by atoms with Gasteiger partial charge in [-0.1, -0.05) is 13.0 Å². The Kier molecular flexibility index (Phi) is 4.02. The zero-order valence-electron chi connectivity index (χ0n) is 11.2. The number of nitrogen functional groups attached to an aromatic ring is 1. The number of pyridine rings is 1. The van der Waals surface area contributed by atoms with Crippen LogP contribution >= 0.6 is 0 Å². The van der Waals surface area contributed by atoms with Crippen molar-refractivity contribution in [3.63, 3.8) is 0 Å². The van der Waals surface area contributed by atoms with Gasteiger partial charge in [-0.25, -0.2) is 0 Å². The van der Waals surface area contributed by atoms with Gasteiger partial charge in [0.25, 0.3) is 5.56 Å². The number of benzene rings is 1. The van der Waals surface area contributed by atoms with Crippen molar-refractivity contribution in [1.82, 2.24) is 4.57 Å². The van der Waals surface area contributed by atoms with Gasteiger partial charge in [0.1, 0.15) is 0 Å². The van der Waals surface area contributed by atoms with Crippen molar-refractivity contribution in [2.45, 2.75) is 20.0 Å². The quantitative estimate of drug-likeness (QED) is 0.855. The Bertz CT molecular complexity index is 632. The monoisotopic (exact) mass is 258 g/mol. The number of nitrogens with zero attached hydrogens (tertiary/aromatic N) is 1. The molecule has 0 fully saturated rings. The van der Waals surface area contributed by atoms with Crippen LogP contribution < -0.4 is 11.3 Å². The SMILES string of the molecule is CCc1cccn(-c2ccc(N)cc2COC)c1=O. The number of rotatable bonds is 4. The van der Waals surface area contributed by atoms with Gasteiger partial charge in [0.05, 0.1) is 12.3 Å². The molecule has 0 bridgehead atoms. The van der Waals surface area contributed by atoms with Crippen LogP contribution in [0.15, 0.2) is 41.3 Å². The van der Waals surface area contributed by atoms with E-state index in [9.17, 15) is 4.79 Å².